The number of aryl methyl sites for hydroxylation is 1. The predicted octanol–water partition coefficient (Wildman–Crippen LogP) is 5.40. The first kappa shape index (κ1) is 23.2. The zero-order chi connectivity index (χ0) is 24.1. The van der Waals surface area contributed by atoms with E-state index in [0.29, 0.717) is 33.5 Å². The van der Waals surface area contributed by atoms with Crippen LogP contribution in [0.2, 0.25) is 5.02 Å². The van der Waals surface area contributed by atoms with Crippen molar-refractivity contribution >= 4 is 23.5 Å². The highest BCUT2D eigenvalue weighted by Crippen LogP contribution is 2.28. The molecule has 0 saturated heterocycles. The Morgan fingerprint density at radius 2 is 1.65 bits per heavy atom. The van der Waals surface area contributed by atoms with Gasteiger partial charge in [-0.3, -0.25) is 9.59 Å². The van der Waals surface area contributed by atoms with Crippen molar-refractivity contribution in [3.63, 3.8) is 0 Å². The average Bonchev–Trinajstić information content (AvgIpc) is 3.34. The molecule has 1 N–H and O–H groups in total. The van der Waals surface area contributed by atoms with Gasteiger partial charge in [-0.2, -0.15) is 0 Å². The molecule has 0 spiro atoms. The van der Waals surface area contributed by atoms with Gasteiger partial charge in [-0.05, 0) is 54.4 Å². The molecule has 0 fully saturated rings. The Kier molecular flexibility index (Phi) is 7.04. The van der Waals surface area contributed by atoms with E-state index in [1.807, 2.05) is 31.2 Å². The number of rotatable bonds is 7. The molecule has 172 valence electrons. The van der Waals surface area contributed by atoms with E-state index >= 15 is 0 Å². The summed E-state index contributed by atoms with van der Waals surface area (Å²) in [4.78, 5) is 24.8. The van der Waals surface area contributed by atoms with Crippen LogP contribution in [-0.4, -0.2) is 29.2 Å². The van der Waals surface area contributed by atoms with E-state index in [2.05, 4.69) is 15.5 Å². The fraction of sp³-hybridized carbons (Fsp3) is 0.154. The van der Waals surface area contributed by atoms with Crippen molar-refractivity contribution in [1.29, 1.82) is 0 Å². The third-order valence-corrected chi connectivity index (χ3v) is 5.72. The Labute approximate surface area is 201 Å². The molecule has 1 aromatic heterocycles. The minimum atomic E-state index is -0.638. The van der Waals surface area contributed by atoms with Crippen LogP contribution in [0.25, 0.3) is 22.9 Å². The number of carbonyl (C=O) groups excluding carboxylic acids is 2. The number of hydrogen-bond acceptors (Lipinski definition) is 6. The second-order valence-corrected chi connectivity index (χ2v) is 8.04. The van der Waals surface area contributed by atoms with Crippen LogP contribution in [0.4, 0.5) is 0 Å². The summed E-state index contributed by atoms with van der Waals surface area (Å²) in [5, 5.41) is 11.6. The molecule has 1 atom stereocenters. The highest BCUT2D eigenvalue weighted by molar-refractivity contribution is 6.31. The molecule has 4 rings (SSSR count). The largest absolute Gasteiger partial charge is 0.469 e. The summed E-state index contributed by atoms with van der Waals surface area (Å²) in [6.07, 6.45) is -0.0479. The molecule has 0 aliphatic carbocycles. The zero-order valence-corrected chi connectivity index (χ0v) is 19.4. The van der Waals surface area contributed by atoms with Gasteiger partial charge in [0.25, 0.3) is 5.91 Å². The number of nitrogens with one attached hydrogen (secondary N) is 1. The van der Waals surface area contributed by atoms with E-state index in [1.165, 1.54) is 7.11 Å². The molecule has 34 heavy (non-hydrogen) atoms. The van der Waals surface area contributed by atoms with Crippen molar-refractivity contribution in [2.75, 3.05) is 7.11 Å². The van der Waals surface area contributed by atoms with Gasteiger partial charge in [0.15, 0.2) is 0 Å². The van der Waals surface area contributed by atoms with Gasteiger partial charge in [0, 0.05) is 21.7 Å². The number of aromatic nitrogens is 2. The van der Waals surface area contributed by atoms with Crippen molar-refractivity contribution < 1.29 is 18.7 Å². The lowest BCUT2D eigenvalue weighted by atomic mass is 10.0. The Morgan fingerprint density at radius 3 is 2.35 bits per heavy atom. The Hall–Kier alpha value is -3.97. The zero-order valence-electron chi connectivity index (χ0n) is 18.6. The Balaban J connectivity index is 1.52. The van der Waals surface area contributed by atoms with Gasteiger partial charge in [-0.15, -0.1) is 10.2 Å². The van der Waals surface area contributed by atoms with Crippen molar-refractivity contribution in [2.24, 2.45) is 0 Å². The minimum Gasteiger partial charge on any atom is -0.469 e. The van der Waals surface area contributed by atoms with Crippen LogP contribution in [0.15, 0.2) is 77.2 Å². The maximum Gasteiger partial charge on any atom is 0.307 e. The second kappa shape index (κ2) is 10.3. The minimum absolute atomic E-state index is 0.0479. The van der Waals surface area contributed by atoms with Crippen LogP contribution in [-0.2, 0) is 9.53 Å². The lowest BCUT2D eigenvalue weighted by Gasteiger charge is -2.19. The van der Waals surface area contributed by atoms with Crippen molar-refractivity contribution in [3.05, 3.63) is 94.5 Å². The summed E-state index contributed by atoms with van der Waals surface area (Å²) >= 11 is 6.29. The fourth-order valence-electron chi connectivity index (χ4n) is 3.51. The molecule has 1 unspecified atom stereocenters. The van der Waals surface area contributed by atoms with Crippen LogP contribution in [0.1, 0.15) is 33.9 Å². The number of ether oxygens (including phenoxy) is 1. The normalized spacial score (nSPS) is 11.6. The fourth-order valence-corrected chi connectivity index (χ4v) is 3.78. The number of hydrogen-bond donors (Lipinski definition) is 1. The number of halogens is 1. The molecule has 0 saturated carbocycles. The standard InChI is InChI=1S/C26H22ClN3O4/c1-16-7-3-4-8-19(16)26-30-29-25(34-26)18-13-11-17(12-14-18)24(32)28-22(15-23(31)33-2)20-9-5-6-10-21(20)27/h3-14,22H,15H2,1-2H3,(H,28,32). The van der Waals surface area contributed by atoms with Crippen LogP contribution in [0, 0.1) is 6.92 Å². The summed E-state index contributed by atoms with van der Waals surface area (Å²) in [7, 11) is 1.30. The molecule has 1 amide bonds. The Bertz CT molecular complexity index is 1320. The first-order valence-electron chi connectivity index (χ1n) is 10.6. The van der Waals surface area contributed by atoms with Crippen LogP contribution >= 0.6 is 11.6 Å². The summed E-state index contributed by atoms with van der Waals surface area (Å²) in [6, 6.07) is 20.9. The summed E-state index contributed by atoms with van der Waals surface area (Å²) < 4.78 is 10.6. The third-order valence-electron chi connectivity index (χ3n) is 5.38. The van der Waals surface area contributed by atoms with Gasteiger partial charge in [0.2, 0.25) is 11.8 Å². The van der Waals surface area contributed by atoms with E-state index in [4.69, 9.17) is 20.8 Å². The van der Waals surface area contributed by atoms with Gasteiger partial charge in [-0.1, -0.05) is 48.0 Å². The first-order chi connectivity index (χ1) is 16.5. The van der Waals surface area contributed by atoms with E-state index < -0.39 is 12.0 Å². The molecule has 0 bridgehead atoms. The molecule has 7 nitrogen and oxygen atoms in total. The molecule has 3 aromatic carbocycles. The number of esters is 1. The van der Waals surface area contributed by atoms with Gasteiger partial charge in [0.1, 0.15) is 0 Å². The van der Waals surface area contributed by atoms with Crippen molar-refractivity contribution in [3.8, 4) is 22.9 Å². The number of carbonyl (C=O) groups is 2. The van der Waals surface area contributed by atoms with Gasteiger partial charge in [0.05, 0.1) is 19.6 Å². The predicted molar refractivity (Wildman–Crippen MR) is 128 cm³/mol. The molecule has 1 heterocycles. The monoisotopic (exact) mass is 475 g/mol. The smallest absolute Gasteiger partial charge is 0.307 e. The van der Waals surface area contributed by atoms with Crippen molar-refractivity contribution in [1.82, 2.24) is 15.5 Å². The lowest BCUT2D eigenvalue weighted by Crippen LogP contribution is -2.30. The second-order valence-electron chi connectivity index (χ2n) is 7.63. The molecule has 0 aliphatic rings. The van der Waals surface area contributed by atoms with Gasteiger partial charge in [-0.25, -0.2) is 0 Å². The van der Waals surface area contributed by atoms with Crippen LogP contribution in [0.5, 0.6) is 0 Å². The van der Waals surface area contributed by atoms with E-state index in [-0.39, 0.29) is 12.3 Å². The van der Waals surface area contributed by atoms with Crippen molar-refractivity contribution in [2.45, 2.75) is 19.4 Å². The molecular formula is C26H22ClN3O4. The molecule has 0 aliphatic heterocycles. The molecular weight excluding hydrogens is 454 g/mol. The average molecular weight is 476 g/mol. The topological polar surface area (TPSA) is 94.3 Å². The highest BCUT2D eigenvalue weighted by Gasteiger charge is 2.22. The maximum absolute atomic E-state index is 12.9. The SMILES string of the molecule is COC(=O)CC(NC(=O)c1ccc(-c2nnc(-c3ccccc3C)o2)cc1)c1ccccc1Cl. The summed E-state index contributed by atoms with van der Waals surface area (Å²) in [6.45, 7) is 1.97. The van der Waals surface area contributed by atoms with E-state index in [0.717, 1.165) is 11.1 Å². The number of amides is 1. The number of methoxy groups -OCH3 is 1. The summed E-state index contributed by atoms with van der Waals surface area (Å²) in [5.41, 5.74) is 3.62. The lowest BCUT2D eigenvalue weighted by molar-refractivity contribution is -0.141. The van der Waals surface area contributed by atoms with Gasteiger partial charge < -0.3 is 14.5 Å². The number of nitrogens with zero attached hydrogens (tertiary/aromatic N) is 2. The van der Waals surface area contributed by atoms with Crippen LogP contribution < -0.4 is 5.32 Å². The first-order valence-corrected chi connectivity index (χ1v) is 11.0. The molecule has 4 aromatic rings. The van der Waals surface area contributed by atoms with Gasteiger partial charge >= 0.3 is 5.97 Å². The Morgan fingerprint density at radius 1 is 0.971 bits per heavy atom. The maximum atomic E-state index is 12.9. The third kappa shape index (κ3) is 5.15. The van der Waals surface area contributed by atoms with E-state index in [1.54, 1.807) is 48.5 Å². The number of benzene rings is 3. The summed E-state index contributed by atoms with van der Waals surface area (Å²) in [5.74, 6) is -0.0296. The quantitative estimate of drug-likeness (QED) is 0.360. The van der Waals surface area contributed by atoms with E-state index in [9.17, 15) is 9.59 Å². The highest BCUT2D eigenvalue weighted by atomic mass is 35.5. The molecule has 8 heteroatoms. The van der Waals surface area contributed by atoms with Crippen LogP contribution in [0.3, 0.4) is 0 Å². The molecule has 0 radical (unpaired) electrons.